The SMILES string of the molecule is CCCCCCCCCCCCCCCc1cc(O)ccc1SSc1ccc(O)cc1CCCCCCCCCCCCCCC. The second kappa shape index (κ2) is 28.7. The first-order chi connectivity index (χ1) is 22.6. The summed E-state index contributed by atoms with van der Waals surface area (Å²) >= 11 is 0. The standard InChI is InChI=1S/C42H70O2S2/c1-3-5-7-9-11-13-15-17-19-21-23-25-27-29-37-35-39(43)31-33-41(37)45-46-42-34-32-40(44)36-38(42)30-28-26-24-22-20-18-16-14-12-10-8-6-4-2/h31-36,43-44H,3-30H2,1-2H3. The van der Waals surface area contributed by atoms with Gasteiger partial charge >= 0.3 is 0 Å². The molecule has 46 heavy (non-hydrogen) atoms. The summed E-state index contributed by atoms with van der Waals surface area (Å²) in [4.78, 5) is 2.50. The van der Waals surface area contributed by atoms with E-state index in [1.807, 2.05) is 24.3 Å². The van der Waals surface area contributed by atoms with Crippen LogP contribution in [-0.4, -0.2) is 10.2 Å². The minimum Gasteiger partial charge on any atom is -0.508 e. The van der Waals surface area contributed by atoms with E-state index in [9.17, 15) is 10.2 Å². The highest BCUT2D eigenvalue weighted by Gasteiger charge is 2.10. The molecule has 2 rings (SSSR count). The molecule has 0 unspecified atom stereocenters. The summed E-state index contributed by atoms with van der Waals surface area (Å²) < 4.78 is 0. The van der Waals surface area contributed by atoms with Crippen LogP contribution in [0.15, 0.2) is 46.2 Å². The topological polar surface area (TPSA) is 40.5 Å². The number of unbranched alkanes of at least 4 members (excludes halogenated alkanes) is 24. The lowest BCUT2D eigenvalue weighted by atomic mass is 10.0. The van der Waals surface area contributed by atoms with Crippen molar-refractivity contribution in [3.63, 3.8) is 0 Å². The summed E-state index contributed by atoms with van der Waals surface area (Å²) in [6.07, 6.45) is 37.6. The Morgan fingerprint density at radius 1 is 0.370 bits per heavy atom. The maximum Gasteiger partial charge on any atom is 0.115 e. The number of rotatable bonds is 31. The number of aromatic hydroxyl groups is 2. The fourth-order valence-electron chi connectivity index (χ4n) is 6.44. The molecule has 0 saturated carbocycles. The van der Waals surface area contributed by atoms with Crippen LogP contribution < -0.4 is 0 Å². The zero-order chi connectivity index (χ0) is 32.9. The van der Waals surface area contributed by atoms with Crippen LogP contribution in [0.3, 0.4) is 0 Å². The molecule has 0 heterocycles. The van der Waals surface area contributed by atoms with E-state index in [0.29, 0.717) is 11.5 Å². The normalized spacial score (nSPS) is 11.4. The van der Waals surface area contributed by atoms with Crippen LogP contribution in [0, 0.1) is 0 Å². The molecule has 2 N–H and O–H groups in total. The number of benzene rings is 2. The van der Waals surface area contributed by atoms with Gasteiger partial charge in [0.2, 0.25) is 0 Å². The second-order valence-corrected chi connectivity index (χ2v) is 15.9. The number of phenols is 2. The highest BCUT2D eigenvalue weighted by molar-refractivity contribution is 8.76. The average molecular weight is 671 g/mol. The molecule has 0 aliphatic heterocycles. The highest BCUT2D eigenvalue weighted by atomic mass is 33.1. The Morgan fingerprint density at radius 2 is 0.630 bits per heavy atom. The summed E-state index contributed by atoms with van der Waals surface area (Å²) in [6.45, 7) is 4.58. The molecule has 2 aromatic carbocycles. The summed E-state index contributed by atoms with van der Waals surface area (Å²) in [5.41, 5.74) is 2.52. The van der Waals surface area contributed by atoms with Gasteiger partial charge in [-0.2, -0.15) is 0 Å². The largest absolute Gasteiger partial charge is 0.508 e. The van der Waals surface area contributed by atoms with Gasteiger partial charge in [-0.1, -0.05) is 190 Å². The van der Waals surface area contributed by atoms with Crippen LogP contribution in [0.4, 0.5) is 0 Å². The monoisotopic (exact) mass is 670 g/mol. The van der Waals surface area contributed by atoms with E-state index in [0.717, 1.165) is 12.8 Å². The molecule has 0 fully saturated rings. The van der Waals surface area contributed by atoms with E-state index in [2.05, 4.69) is 26.0 Å². The molecule has 0 aromatic heterocycles. The van der Waals surface area contributed by atoms with E-state index in [1.54, 1.807) is 21.6 Å². The van der Waals surface area contributed by atoms with Crippen LogP contribution in [0.5, 0.6) is 11.5 Å². The van der Waals surface area contributed by atoms with Gasteiger partial charge in [-0.25, -0.2) is 0 Å². The molecular weight excluding hydrogens is 601 g/mol. The highest BCUT2D eigenvalue weighted by Crippen LogP contribution is 2.42. The van der Waals surface area contributed by atoms with Crippen molar-refractivity contribution in [3.8, 4) is 11.5 Å². The third kappa shape index (κ3) is 20.9. The maximum absolute atomic E-state index is 10.2. The van der Waals surface area contributed by atoms with Crippen molar-refractivity contribution >= 4 is 21.6 Å². The minimum absolute atomic E-state index is 0.367. The Labute approximate surface area is 293 Å². The van der Waals surface area contributed by atoms with Crippen LogP contribution in [-0.2, 0) is 12.8 Å². The molecule has 2 aromatic rings. The molecule has 0 bridgehead atoms. The Kier molecular flexibility index (Phi) is 25.5. The molecule has 4 heteroatoms. The molecule has 0 saturated heterocycles. The zero-order valence-corrected chi connectivity index (χ0v) is 31.6. The van der Waals surface area contributed by atoms with Crippen LogP contribution >= 0.6 is 21.6 Å². The Hall–Kier alpha value is -1.26. The number of phenolic OH excluding ortho intramolecular Hbond substituents is 2. The molecule has 262 valence electrons. The lowest BCUT2D eigenvalue weighted by Gasteiger charge is -2.12. The molecule has 0 aliphatic rings. The number of hydrogen-bond acceptors (Lipinski definition) is 4. The van der Waals surface area contributed by atoms with Crippen molar-refractivity contribution in [2.75, 3.05) is 0 Å². The number of hydrogen-bond donors (Lipinski definition) is 2. The van der Waals surface area contributed by atoms with E-state index in [4.69, 9.17) is 0 Å². The van der Waals surface area contributed by atoms with Crippen LogP contribution in [0.2, 0.25) is 0 Å². The van der Waals surface area contributed by atoms with Gasteiger partial charge in [0.1, 0.15) is 11.5 Å². The predicted molar refractivity (Wildman–Crippen MR) is 207 cm³/mol. The third-order valence-corrected chi connectivity index (χ3v) is 12.0. The van der Waals surface area contributed by atoms with Crippen molar-refractivity contribution in [2.24, 2.45) is 0 Å². The van der Waals surface area contributed by atoms with E-state index in [-0.39, 0.29) is 0 Å². The lowest BCUT2D eigenvalue weighted by molar-refractivity contribution is 0.473. The van der Waals surface area contributed by atoms with Crippen molar-refractivity contribution in [3.05, 3.63) is 47.5 Å². The third-order valence-electron chi connectivity index (χ3n) is 9.41. The van der Waals surface area contributed by atoms with Crippen LogP contribution in [0.25, 0.3) is 0 Å². The van der Waals surface area contributed by atoms with Gasteiger partial charge in [0.05, 0.1) is 0 Å². The molecule has 2 nitrogen and oxygen atoms in total. The molecule has 0 amide bonds. The average Bonchev–Trinajstić information content (AvgIpc) is 3.05. The van der Waals surface area contributed by atoms with Gasteiger partial charge in [0.15, 0.2) is 0 Å². The van der Waals surface area contributed by atoms with Gasteiger partial charge in [0.25, 0.3) is 0 Å². The first-order valence-corrected chi connectivity index (χ1v) is 21.8. The van der Waals surface area contributed by atoms with Gasteiger partial charge in [-0.3, -0.25) is 0 Å². The van der Waals surface area contributed by atoms with Crippen molar-refractivity contribution in [1.29, 1.82) is 0 Å². The number of aryl methyl sites for hydroxylation is 2. The van der Waals surface area contributed by atoms with Gasteiger partial charge in [-0.05, 0) is 73.2 Å². The predicted octanol–water partition coefficient (Wildman–Crippen LogP) is 15.2. The zero-order valence-electron chi connectivity index (χ0n) is 30.0. The Bertz CT molecular complexity index is 912. The summed E-state index contributed by atoms with van der Waals surface area (Å²) in [7, 11) is 3.60. The second-order valence-electron chi connectivity index (χ2n) is 13.7. The first kappa shape index (κ1) is 40.9. The summed E-state index contributed by atoms with van der Waals surface area (Å²) in [5.74, 6) is 0.735. The Balaban J connectivity index is 1.64. The lowest BCUT2D eigenvalue weighted by Crippen LogP contribution is -1.91. The Morgan fingerprint density at radius 3 is 0.913 bits per heavy atom. The fourth-order valence-corrected chi connectivity index (χ4v) is 8.92. The first-order valence-electron chi connectivity index (χ1n) is 19.6. The quantitative estimate of drug-likeness (QED) is 0.0619. The molecular formula is C42H70O2S2. The van der Waals surface area contributed by atoms with Crippen LogP contribution in [0.1, 0.15) is 192 Å². The smallest absolute Gasteiger partial charge is 0.115 e. The van der Waals surface area contributed by atoms with E-state index in [1.165, 1.54) is 188 Å². The molecule has 0 radical (unpaired) electrons. The summed E-state index contributed by atoms with van der Waals surface area (Å²) in [5, 5.41) is 20.4. The molecule has 0 spiro atoms. The van der Waals surface area contributed by atoms with Gasteiger partial charge in [-0.15, -0.1) is 0 Å². The fraction of sp³-hybridized carbons (Fsp3) is 0.714. The minimum atomic E-state index is 0.367. The molecule has 0 atom stereocenters. The summed E-state index contributed by atoms with van der Waals surface area (Å²) in [6, 6.07) is 11.7. The van der Waals surface area contributed by atoms with E-state index < -0.39 is 0 Å². The maximum atomic E-state index is 10.2. The van der Waals surface area contributed by atoms with Gasteiger partial charge in [0, 0.05) is 9.79 Å². The van der Waals surface area contributed by atoms with E-state index >= 15 is 0 Å². The van der Waals surface area contributed by atoms with Gasteiger partial charge < -0.3 is 10.2 Å². The van der Waals surface area contributed by atoms with Crippen molar-refractivity contribution in [2.45, 2.75) is 203 Å². The van der Waals surface area contributed by atoms with Crippen molar-refractivity contribution in [1.82, 2.24) is 0 Å². The molecule has 0 aliphatic carbocycles. The van der Waals surface area contributed by atoms with Crippen molar-refractivity contribution < 1.29 is 10.2 Å².